The first-order valence-electron chi connectivity index (χ1n) is 9.70. The van der Waals surface area contributed by atoms with Crippen LogP contribution in [0.2, 0.25) is 0 Å². The van der Waals surface area contributed by atoms with Gasteiger partial charge in [-0.15, -0.1) is 24.5 Å². The Morgan fingerprint density at radius 1 is 1.21 bits per heavy atom. The van der Waals surface area contributed by atoms with E-state index >= 15 is 0 Å². The predicted molar refractivity (Wildman–Crippen MR) is 103 cm³/mol. The Hall–Kier alpha value is -2.61. The average Bonchev–Trinajstić information content (AvgIpc) is 3.35. The molecule has 14 heteroatoms. The van der Waals surface area contributed by atoms with E-state index in [0.29, 0.717) is 0 Å². The smallest absolute Gasteiger partial charge is 0.472 e. The molecule has 182 valence electrons. The third kappa shape index (κ3) is 6.25. The molecule has 2 aromatic rings. The van der Waals surface area contributed by atoms with Crippen molar-refractivity contribution in [1.29, 1.82) is 0 Å². The maximum atomic E-state index is 13.6. The molecule has 0 aliphatic carbocycles. The minimum Gasteiger partial charge on any atom is -0.472 e. The third-order valence-corrected chi connectivity index (χ3v) is 5.69. The maximum absolute atomic E-state index is 13.6. The molecule has 1 atom stereocenters. The van der Waals surface area contributed by atoms with Gasteiger partial charge in [-0.3, -0.25) is 9.53 Å². The van der Waals surface area contributed by atoms with Crippen LogP contribution in [0.1, 0.15) is 35.7 Å². The van der Waals surface area contributed by atoms with E-state index in [-0.39, 0.29) is 53.4 Å². The van der Waals surface area contributed by atoms with Gasteiger partial charge in [0.15, 0.2) is 5.78 Å². The van der Waals surface area contributed by atoms with Crippen LogP contribution in [0, 0.1) is 0 Å². The second-order valence-corrected chi connectivity index (χ2v) is 7.87. The lowest BCUT2D eigenvalue weighted by Crippen LogP contribution is -2.32. The van der Waals surface area contributed by atoms with Crippen molar-refractivity contribution < 1.29 is 50.1 Å². The highest BCUT2D eigenvalue weighted by Crippen LogP contribution is 2.40. The zero-order chi connectivity index (χ0) is 24.4. The van der Waals surface area contributed by atoms with Crippen LogP contribution in [0.25, 0.3) is 10.2 Å². The van der Waals surface area contributed by atoms with Crippen molar-refractivity contribution in [3.63, 3.8) is 0 Å². The number of nitrogens with zero attached hydrogens (tertiary/aromatic N) is 2. The molecule has 0 radical (unpaired) electrons. The standard InChI is InChI=1S/C19H18F6N2O5S/c1-2-13(28)11-9-33-16-12(18(20,21)22)7-14(26-15(11)16)32-10-3-4-27(8-10)17(29)30-5-6-31-19(23,24)25/h7,9-10H,2-6,8H2,1H3/t10-/m0/s1. The Balaban J connectivity index is 1.69. The van der Waals surface area contributed by atoms with E-state index in [4.69, 9.17) is 9.47 Å². The number of aromatic nitrogens is 1. The predicted octanol–water partition coefficient (Wildman–Crippen LogP) is 5.03. The molecule has 0 saturated carbocycles. The minimum atomic E-state index is -4.84. The zero-order valence-corrected chi connectivity index (χ0v) is 17.9. The van der Waals surface area contributed by atoms with Gasteiger partial charge in [-0.1, -0.05) is 6.92 Å². The molecule has 1 saturated heterocycles. The maximum Gasteiger partial charge on any atom is 0.522 e. The largest absolute Gasteiger partial charge is 0.522 e. The summed E-state index contributed by atoms with van der Waals surface area (Å²) >= 11 is 0.769. The van der Waals surface area contributed by atoms with Crippen molar-refractivity contribution in [1.82, 2.24) is 9.88 Å². The lowest BCUT2D eigenvalue weighted by atomic mass is 10.1. The van der Waals surface area contributed by atoms with E-state index in [1.165, 1.54) is 5.38 Å². The lowest BCUT2D eigenvalue weighted by Gasteiger charge is -2.18. The lowest BCUT2D eigenvalue weighted by molar-refractivity contribution is -0.326. The van der Waals surface area contributed by atoms with E-state index in [1.807, 2.05) is 0 Å². The summed E-state index contributed by atoms with van der Waals surface area (Å²) in [4.78, 5) is 29.3. The van der Waals surface area contributed by atoms with E-state index < -0.39 is 43.5 Å². The first-order valence-corrected chi connectivity index (χ1v) is 10.6. The molecule has 33 heavy (non-hydrogen) atoms. The van der Waals surface area contributed by atoms with Crippen molar-refractivity contribution in [3.05, 3.63) is 22.6 Å². The molecule has 1 aliphatic heterocycles. The molecular weight excluding hydrogens is 482 g/mol. The monoisotopic (exact) mass is 500 g/mol. The molecule has 0 spiro atoms. The van der Waals surface area contributed by atoms with Crippen LogP contribution in [0.5, 0.6) is 5.88 Å². The number of likely N-dealkylation sites (tertiary alicyclic amines) is 1. The molecule has 0 unspecified atom stereocenters. The van der Waals surface area contributed by atoms with Gasteiger partial charge in [0.05, 0.1) is 34.5 Å². The van der Waals surface area contributed by atoms with Crippen LogP contribution >= 0.6 is 11.3 Å². The Morgan fingerprint density at radius 3 is 2.58 bits per heavy atom. The van der Waals surface area contributed by atoms with Crippen LogP contribution in [0.15, 0.2) is 11.4 Å². The molecule has 1 amide bonds. The normalized spacial score (nSPS) is 16.9. The highest BCUT2D eigenvalue weighted by Gasteiger charge is 2.36. The van der Waals surface area contributed by atoms with Gasteiger partial charge in [0.1, 0.15) is 12.7 Å². The van der Waals surface area contributed by atoms with Crippen LogP contribution in [-0.2, 0) is 15.7 Å². The number of carbonyl (C=O) groups excluding carboxylic acids is 2. The molecule has 3 heterocycles. The highest BCUT2D eigenvalue weighted by molar-refractivity contribution is 7.17. The first-order chi connectivity index (χ1) is 15.4. The Morgan fingerprint density at radius 2 is 1.94 bits per heavy atom. The third-order valence-electron chi connectivity index (χ3n) is 4.69. The van der Waals surface area contributed by atoms with Gasteiger partial charge in [-0.25, -0.2) is 9.78 Å². The number of halogens is 6. The van der Waals surface area contributed by atoms with Gasteiger partial charge in [0.25, 0.3) is 0 Å². The Bertz CT molecular complexity index is 1020. The number of Topliss-reactive ketones (excluding diaryl/α,β-unsaturated/α-hetero) is 1. The van der Waals surface area contributed by atoms with Gasteiger partial charge in [-0.05, 0) is 0 Å². The highest BCUT2D eigenvalue weighted by atomic mass is 32.1. The molecule has 7 nitrogen and oxygen atoms in total. The molecule has 0 aromatic carbocycles. The van der Waals surface area contributed by atoms with Crippen molar-refractivity contribution >= 4 is 33.4 Å². The number of ether oxygens (including phenoxy) is 3. The van der Waals surface area contributed by atoms with Gasteiger partial charge >= 0.3 is 18.6 Å². The number of amides is 1. The number of carbonyl (C=O) groups is 2. The van der Waals surface area contributed by atoms with E-state index in [9.17, 15) is 35.9 Å². The topological polar surface area (TPSA) is 78.0 Å². The van der Waals surface area contributed by atoms with Crippen molar-refractivity contribution in [2.45, 2.75) is 38.4 Å². The molecule has 0 N–H and O–H groups in total. The summed E-state index contributed by atoms with van der Waals surface area (Å²) in [7, 11) is 0. The zero-order valence-electron chi connectivity index (χ0n) is 17.1. The average molecular weight is 500 g/mol. The van der Waals surface area contributed by atoms with E-state index in [1.54, 1.807) is 6.92 Å². The second-order valence-electron chi connectivity index (χ2n) is 6.99. The minimum absolute atomic E-state index is 0.0651. The van der Waals surface area contributed by atoms with Gasteiger partial charge in [-0.2, -0.15) is 13.2 Å². The number of hydrogen-bond acceptors (Lipinski definition) is 7. The second kappa shape index (κ2) is 9.71. The number of rotatable bonds is 7. The van der Waals surface area contributed by atoms with Crippen molar-refractivity contribution in [2.24, 2.45) is 0 Å². The molecular formula is C19H18F6N2O5S. The van der Waals surface area contributed by atoms with Crippen LogP contribution in [-0.4, -0.2) is 60.5 Å². The molecule has 0 bridgehead atoms. The summed E-state index contributed by atoms with van der Waals surface area (Å²) in [5, 5.41) is 1.33. The molecule has 1 fully saturated rings. The SMILES string of the molecule is CCC(=O)c1csc2c(C(F)(F)F)cc(O[C@H]3CCN(C(=O)OCCOC(F)(F)F)C3)nc12. The molecule has 2 aromatic heterocycles. The summed E-state index contributed by atoms with van der Waals surface area (Å²) in [5.74, 6) is -0.708. The fraction of sp³-hybridized carbons (Fsp3) is 0.526. The summed E-state index contributed by atoms with van der Waals surface area (Å²) in [5.41, 5.74) is -1.01. The van der Waals surface area contributed by atoms with Crippen molar-refractivity contribution in [3.8, 4) is 5.88 Å². The fourth-order valence-electron chi connectivity index (χ4n) is 3.18. The van der Waals surface area contributed by atoms with Gasteiger partial charge in [0.2, 0.25) is 5.88 Å². The Kier molecular flexibility index (Phi) is 7.36. The number of thiophene rings is 1. The quantitative estimate of drug-likeness (QED) is 0.301. The first kappa shape index (κ1) is 25.0. The number of alkyl halides is 6. The number of ketones is 1. The fourth-order valence-corrected chi connectivity index (χ4v) is 4.23. The van der Waals surface area contributed by atoms with E-state index in [2.05, 4.69) is 9.72 Å². The summed E-state index contributed by atoms with van der Waals surface area (Å²) in [6.07, 6.45) is -10.8. The summed E-state index contributed by atoms with van der Waals surface area (Å²) in [6.45, 7) is 0.144. The number of hydrogen-bond donors (Lipinski definition) is 0. The van der Waals surface area contributed by atoms with Crippen LogP contribution in [0.4, 0.5) is 31.1 Å². The van der Waals surface area contributed by atoms with Gasteiger partial charge in [0, 0.05) is 30.8 Å². The number of fused-ring (bicyclic) bond motifs is 1. The van der Waals surface area contributed by atoms with Crippen LogP contribution < -0.4 is 4.74 Å². The van der Waals surface area contributed by atoms with Crippen molar-refractivity contribution in [2.75, 3.05) is 26.3 Å². The van der Waals surface area contributed by atoms with Gasteiger partial charge < -0.3 is 14.4 Å². The van der Waals surface area contributed by atoms with Crippen LogP contribution in [0.3, 0.4) is 0 Å². The molecule has 3 rings (SSSR count). The summed E-state index contributed by atoms with van der Waals surface area (Å²) in [6, 6.07) is 0.745. The van der Waals surface area contributed by atoms with E-state index in [0.717, 1.165) is 22.3 Å². The summed E-state index contributed by atoms with van der Waals surface area (Å²) < 4.78 is 90.1. The number of pyridine rings is 1. The molecule has 1 aliphatic rings. The Labute approximate surface area is 187 Å².